The number of carbonyl (C=O) groups excluding carboxylic acids is 1. The van der Waals surface area contributed by atoms with Crippen LogP contribution < -0.4 is 5.32 Å². The van der Waals surface area contributed by atoms with Crippen LogP contribution in [-0.2, 0) is 14.3 Å². The summed E-state index contributed by atoms with van der Waals surface area (Å²) in [6.07, 6.45) is 2.97. The highest BCUT2D eigenvalue weighted by Gasteiger charge is 2.22. The molecule has 0 aliphatic carbocycles. The third kappa shape index (κ3) is 6.36. The van der Waals surface area contributed by atoms with Gasteiger partial charge in [-0.1, -0.05) is 19.8 Å². The van der Waals surface area contributed by atoms with E-state index in [9.17, 15) is 4.79 Å². The summed E-state index contributed by atoms with van der Waals surface area (Å²) in [5, 5.41) is 3.39. The van der Waals surface area contributed by atoms with Crippen molar-refractivity contribution in [3.8, 4) is 0 Å². The van der Waals surface area contributed by atoms with Crippen molar-refractivity contribution in [2.45, 2.75) is 45.2 Å². The fraction of sp³-hybridized carbons (Fsp3) is 0.929. The molecule has 112 valence electrons. The van der Waals surface area contributed by atoms with E-state index in [1.807, 2.05) is 0 Å². The number of rotatable bonds is 8. The zero-order valence-electron chi connectivity index (χ0n) is 12.5. The van der Waals surface area contributed by atoms with Gasteiger partial charge < -0.3 is 14.8 Å². The lowest BCUT2D eigenvalue weighted by Gasteiger charge is -2.30. The molecular weight excluding hydrogens is 244 g/mol. The Balaban J connectivity index is 2.36. The van der Waals surface area contributed by atoms with E-state index < -0.39 is 0 Å². The van der Waals surface area contributed by atoms with Gasteiger partial charge in [0, 0.05) is 25.7 Å². The monoisotopic (exact) mass is 272 g/mol. The molecule has 2 unspecified atom stereocenters. The van der Waals surface area contributed by atoms with Gasteiger partial charge in [0.05, 0.1) is 20.3 Å². The number of unbranched alkanes of at least 4 members (excludes halogenated alkanes) is 1. The van der Waals surface area contributed by atoms with Gasteiger partial charge in [-0.15, -0.1) is 0 Å². The van der Waals surface area contributed by atoms with Crippen LogP contribution in [0.25, 0.3) is 0 Å². The SMILES string of the molecule is CCCCC(NC(C)CN1CCOCC1)C(=O)OC. The lowest BCUT2D eigenvalue weighted by atomic mass is 10.1. The maximum atomic E-state index is 11.7. The molecule has 0 bridgehead atoms. The molecule has 5 nitrogen and oxygen atoms in total. The summed E-state index contributed by atoms with van der Waals surface area (Å²) in [5.41, 5.74) is 0. The van der Waals surface area contributed by atoms with Gasteiger partial charge in [0.25, 0.3) is 0 Å². The Morgan fingerprint density at radius 3 is 2.68 bits per heavy atom. The maximum Gasteiger partial charge on any atom is 0.322 e. The van der Waals surface area contributed by atoms with Crippen molar-refractivity contribution >= 4 is 5.97 Å². The highest BCUT2D eigenvalue weighted by atomic mass is 16.5. The minimum atomic E-state index is -0.180. The average molecular weight is 272 g/mol. The number of morpholine rings is 1. The smallest absolute Gasteiger partial charge is 0.322 e. The topological polar surface area (TPSA) is 50.8 Å². The van der Waals surface area contributed by atoms with E-state index in [4.69, 9.17) is 9.47 Å². The van der Waals surface area contributed by atoms with Gasteiger partial charge in [0.2, 0.25) is 0 Å². The number of hydrogen-bond acceptors (Lipinski definition) is 5. The lowest BCUT2D eigenvalue weighted by Crippen LogP contribution is -2.49. The first-order chi connectivity index (χ1) is 9.17. The van der Waals surface area contributed by atoms with Crippen molar-refractivity contribution in [3.63, 3.8) is 0 Å². The number of nitrogens with zero attached hydrogens (tertiary/aromatic N) is 1. The van der Waals surface area contributed by atoms with Crippen LogP contribution in [0, 0.1) is 0 Å². The molecule has 1 saturated heterocycles. The molecule has 1 heterocycles. The molecule has 19 heavy (non-hydrogen) atoms. The van der Waals surface area contributed by atoms with Gasteiger partial charge in [0.15, 0.2) is 0 Å². The van der Waals surface area contributed by atoms with Gasteiger partial charge in [-0.05, 0) is 13.3 Å². The van der Waals surface area contributed by atoms with Gasteiger partial charge in [-0.25, -0.2) is 0 Å². The molecule has 0 aromatic heterocycles. The summed E-state index contributed by atoms with van der Waals surface area (Å²) < 4.78 is 10.2. The van der Waals surface area contributed by atoms with Crippen molar-refractivity contribution < 1.29 is 14.3 Å². The summed E-state index contributed by atoms with van der Waals surface area (Å²) in [6, 6.07) is 0.0973. The normalized spacial score (nSPS) is 19.9. The molecule has 1 fully saturated rings. The fourth-order valence-corrected chi connectivity index (χ4v) is 2.39. The quantitative estimate of drug-likeness (QED) is 0.669. The van der Waals surface area contributed by atoms with Crippen LogP contribution in [0.1, 0.15) is 33.1 Å². The van der Waals surface area contributed by atoms with Crippen LogP contribution in [0.4, 0.5) is 0 Å². The molecule has 5 heteroatoms. The van der Waals surface area contributed by atoms with Crippen molar-refractivity contribution in [3.05, 3.63) is 0 Å². The van der Waals surface area contributed by atoms with Gasteiger partial charge >= 0.3 is 5.97 Å². The third-order valence-corrected chi connectivity index (χ3v) is 3.45. The molecule has 2 atom stereocenters. The molecule has 0 aromatic rings. The van der Waals surface area contributed by atoms with Gasteiger partial charge in [-0.2, -0.15) is 0 Å². The minimum absolute atomic E-state index is 0.151. The molecule has 1 aliphatic rings. The number of ether oxygens (including phenoxy) is 2. The van der Waals surface area contributed by atoms with Gasteiger partial charge in [-0.3, -0.25) is 9.69 Å². The van der Waals surface area contributed by atoms with Gasteiger partial charge in [0.1, 0.15) is 6.04 Å². The van der Waals surface area contributed by atoms with Crippen LogP contribution >= 0.6 is 0 Å². The Morgan fingerprint density at radius 1 is 1.42 bits per heavy atom. The predicted octanol–water partition coefficient (Wildman–Crippen LogP) is 1.03. The second kappa shape index (κ2) is 9.28. The summed E-state index contributed by atoms with van der Waals surface area (Å²) in [6.45, 7) is 8.77. The van der Waals surface area contributed by atoms with E-state index in [1.165, 1.54) is 7.11 Å². The van der Waals surface area contributed by atoms with E-state index >= 15 is 0 Å². The summed E-state index contributed by atoms with van der Waals surface area (Å²) in [5.74, 6) is -0.151. The largest absolute Gasteiger partial charge is 0.468 e. The second-order valence-corrected chi connectivity index (χ2v) is 5.20. The van der Waals surface area contributed by atoms with E-state index in [0.717, 1.165) is 52.1 Å². The van der Waals surface area contributed by atoms with Crippen LogP contribution in [0.15, 0.2) is 0 Å². The van der Waals surface area contributed by atoms with Crippen molar-refractivity contribution in [2.24, 2.45) is 0 Å². The zero-order valence-corrected chi connectivity index (χ0v) is 12.5. The molecule has 0 amide bonds. The first kappa shape index (κ1) is 16.4. The van der Waals surface area contributed by atoms with Crippen molar-refractivity contribution in [1.82, 2.24) is 10.2 Å². The number of carbonyl (C=O) groups is 1. The molecule has 0 spiro atoms. The standard InChI is InChI=1S/C14H28N2O3/c1-4-5-6-13(14(17)18-3)15-12(2)11-16-7-9-19-10-8-16/h12-13,15H,4-11H2,1-3H3. The summed E-state index contributed by atoms with van der Waals surface area (Å²) in [4.78, 5) is 14.1. The molecule has 1 N–H and O–H groups in total. The number of methoxy groups -OCH3 is 1. The van der Waals surface area contributed by atoms with E-state index in [-0.39, 0.29) is 18.1 Å². The molecule has 1 rings (SSSR count). The van der Waals surface area contributed by atoms with Crippen LogP contribution in [0.3, 0.4) is 0 Å². The first-order valence-corrected chi connectivity index (χ1v) is 7.31. The third-order valence-electron chi connectivity index (χ3n) is 3.45. The van der Waals surface area contributed by atoms with Crippen LogP contribution in [0.2, 0.25) is 0 Å². The average Bonchev–Trinajstić information content (AvgIpc) is 2.43. The Labute approximate surface area is 116 Å². The van der Waals surface area contributed by atoms with Crippen LogP contribution in [0.5, 0.6) is 0 Å². The van der Waals surface area contributed by atoms with E-state index in [2.05, 4.69) is 24.1 Å². The molecule has 1 aliphatic heterocycles. The van der Waals surface area contributed by atoms with Crippen molar-refractivity contribution in [1.29, 1.82) is 0 Å². The fourth-order valence-electron chi connectivity index (χ4n) is 2.39. The van der Waals surface area contributed by atoms with E-state index in [1.54, 1.807) is 0 Å². The maximum absolute atomic E-state index is 11.7. The summed E-state index contributed by atoms with van der Waals surface area (Å²) >= 11 is 0. The lowest BCUT2D eigenvalue weighted by molar-refractivity contribution is -0.143. The molecular formula is C14H28N2O3. The first-order valence-electron chi connectivity index (χ1n) is 7.31. The Hall–Kier alpha value is -0.650. The van der Waals surface area contributed by atoms with E-state index in [0.29, 0.717) is 0 Å². The summed E-state index contributed by atoms with van der Waals surface area (Å²) in [7, 11) is 1.45. The Bertz CT molecular complexity index is 255. The number of esters is 1. The zero-order chi connectivity index (χ0) is 14.1. The van der Waals surface area contributed by atoms with Crippen molar-refractivity contribution in [2.75, 3.05) is 40.0 Å². The molecule has 0 radical (unpaired) electrons. The molecule has 0 aromatic carbocycles. The predicted molar refractivity (Wildman–Crippen MR) is 75.2 cm³/mol. The Morgan fingerprint density at radius 2 is 2.11 bits per heavy atom. The Kier molecular flexibility index (Phi) is 8.02. The van der Waals surface area contributed by atoms with Crippen LogP contribution in [-0.4, -0.2) is 62.9 Å². The number of hydrogen-bond donors (Lipinski definition) is 1. The number of nitrogens with one attached hydrogen (secondary N) is 1. The molecule has 0 saturated carbocycles. The second-order valence-electron chi connectivity index (χ2n) is 5.20. The minimum Gasteiger partial charge on any atom is -0.468 e. The highest BCUT2D eigenvalue weighted by molar-refractivity contribution is 5.75. The highest BCUT2D eigenvalue weighted by Crippen LogP contribution is 2.05.